The summed E-state index contributed by atoms with van der Waals surface area (Å²) in [5.41, 5.74) is 2.20. The molecular formula is C24H30N6O2. The van der Waals surface area contributed by atoms with Gasteiger partial charge in [-0.15, -0.1) is 10.2 Å². The monoisotopic (exact) mass is 434 g/mol. The number of carbonyl (C=O) groups is 1. The van der Waals surface area contributed by atoms with Crippen LogP contribution < -0.4 is 4.90 Å². The number of benzene rings is 1. The van der Waals surface area contributed by atoms with E-state index in [9.17, 15) is 4.79 Å². The molecule has 5 rings (SSSR count). The van der Waals surface area contributed by atoms with Gasteiger partial charge >= 0.3 is 0 Å². The first-order chi connectivity index (χ1) is 15.7. The summed E-state index contributed by atoms with van der Waals surface area (Å²) in [5.74, 6) is 2.15. The molecule has 0 spiro atoms. The van der Waals surface area contributed by atoms with E-state index in [1.165, 1.54) is 19.3 Å². The summed E-state index contributed by atoms with van der Waals surface area (Å²) < 4.78 is 5.90. The van der Waals surface area contributed by atoms with Crippen LogP contribution in [0.15, 0.2) is 40.9 Å². The van der Waals surface area contributed by atoms with Crippen LogP contribution in [0.5, 0.6) is 0 Å². The Labute approximate surface area is 189 Å². The lowest BCUT2D eigenvalue weighted by Gasteiger charge is -2.37. The molecule has 8 heteroatoms. The molecule has 0 atom stereocenters. The highest BCUT2D eigenvalue weighted by Crippen LogP contribution is 2.28. The zero-order valence-corrected chi connectivity index (χ0v) is 18.4. The molecule has 0 N–H and O–H groups in total. The van der Waals surface area contributed by atoms with Crippen molar-refractivity contribution in [2.45, 2.75) is 39.0 Å². The number of aromatic nitrogens is 4. The van der Waals surface area contributed by atoms with Gasteiger partial charge in [0.2, 0.25) is 11.8 Å². The molecule has 2 aromatic heterocycles. The van der Waals surface area contributed by atoms with Gasteiger partial charge in [-0.2, -0.15) is 0 Å². The van der Waals surface area contributed by atoms with Crippen LogP contribution in [0.2, 0.25) is 0 Å². The second-order valence-electron chi connectivity index (χ2n) is 8.59. The highest BCUT2D eigenvalue weighted by atomic mass is 16.4. The van der Waals surface area contributed by atoms with Gasteiger partial charge in [-0.3, -0.25) is 9.78 Å². The average molecular weight is 435 g/mol. The smallest absolute Gasteiger partial charge is 0.268 e. The molecule has 32 heavy (non-hydrogen) atoms. The molecule has 1 saturated heterocycles. The maximum Gasteiger partial charge on any atom is 0.268 e. The van der Waals surface area contributed by atoms with E-state index >= 15 is 0 Å². The van der Waals surface area contributed by atoms with Gasteiger partial charge in [-0.25, -0.2) is 4.98 Å². The second-order valence-corrected chi connectivity index (χ2v) is 8.59. The topological polar surface area (TPSA) is 88.3 Å². The summed E-state index contributed by atoms with van der Waals surface area (Å²) in [6.45, 7) is 4.82. The minimum absolute atomic E-state index is 0. The highest BCUT2D eigenvalue weighted by Gasteiger charge is 2.29. The first-order valence-corrected chi connectivity index (χ1v) is 11.5. The number of amides is 1. The standard InChI is InChI=1S/C24H28N6O2.H2/c1-17-21(23-28-27-22(32-23)18-8-4-2-5-9-18)26-20(16-25-17)29-12-14-30(15-13-29)24(31)19-10-6-3-7-11-19;/h2,4-5,8-9,16,19H,3,6-7,10-15H2,1H3;1H. The van der Waals surface area contributed by atoms with Gasteiger partial charge in [0.25, 0.3) is 5.89 Å². The zero-order valence-electron chi connectivity index (χ0n) is 18.4. The molecule has 8 nitrogen and oxygen atoms in total. The Balaban J connectivity index is 0.00000259. The summed E-state index contributed by atoms with van der Waals surface area (Å²) in [6.07, 6.45) is 7.49. The third-order valence-corrected chi connectivity index (χ3v) is 6.46. The molecule has 1 aromatic carbocycles. The molecule has 0 unspecified atom stereocenters. The van der Waals surface area contributed by atoms with Crippen LogP contribution in [-0.4, -0.2) is 57.2 Å². The molecule has 2 aliphatic rings. The minimum Gasteiger partial charge on any atom is -0.415 e. The number of anilines is 1. The van der Waals surface area contributed by atoms with Crippen LogP contribution in [-0.2, 0) is 4.79 Å². The number of rotatable bonds is 4. The highest BCUT2D eigenvalue weighted by molar-refractivity contribution is 5.79. The first-order valence-electron chi connectivity index (χ1n) is 11.5. The summed E-state index contributed by atoms with van der Waals surface area (Å²) in [5, 5.41) is 8.38. The van der Waals surface area contributed by atoms with E-state index in [1.807, 2.05) is 42.2 Å². The van der Waals surface area contributed by atoms with Crippen molar-refractivity contribution in [3.8, 4) is 23.0 Å². The SMILES string of the molecule is Cc1ncc(N2CCN(C(=O)C3CCCCC3)CC2)nc1-c1nnc(-c2ccccc2)o1.[HH]. The van der Waals surface area contributed by atoms with Gasteiger partial charge in [0.15, 0.2) is 5.69 Å². The van der Waals surface area contributed by atoms with E-state index in [4.69, 9.17) is 9.40 Å². The predicted molar refractivity (Wildman–Crippen MR) is 123 cm³/mol. The largest absolute Gasteiger partial charge is 0.415 e. The van der Waals surface area contributed by atoms with Crippen molar-refractivity contribution in [3.05, 3.63) is 42.2 Å². The van der Waals surface area contributed by atoms with Gasteiger partial charge in [-0.05, 0) is 31.9 Å². The Morgan fingerprint density at radius 2 is 1.72 bits per heavy atom. The number of piperazine rings is 1. The summed E-state index contributed by atoms with van der Waals surface area (Å²) in [6, 6.07) is 9.68. The lowest BCUT2D eigenvalue weighted by Crippen LogP contribution is -2.50. The molecular weight excluding hydrogens is 404 g/mol. The normalized spacial score (nSPS) is 17.5. The Bertz CT molecular complexity index is 1080. The molecule has 1 saturated carbocycles. The lowest BCUT2D eigenvalue weighted by atomic mass is 9.88. The molecule has 2 fully saturated rings. The quantitative estimate of drug-likeness (QED) is 0.614. The fourth-order valence-electron chi connectivity index (χ4n) is 4.57. The zero-order chi connectivity index (χ0) is 21.9. The van der Waals surface area contributed by atoms with Crippen molar-refractivity contribution >= 4 is 11.7 Å². The van der Waals surface area contributed by atoms with Crippen LogP contribution >= 0.6 is 0 Å². The summed E-state index contributed by atoms with van der Waals surface area (Å²) >= 11 is 0. The van der Waals surface area contributed by atoms with Crippen molar-refractivity contribution in [1.82, 2.24) is 25.1 Å². The molecule has 3 heterocycles. The van der Waals surface area contributed by atoms with Crippen LogP contribution in [0.1, 0.15) is 39.2 Å². The Morgan fingerprint density at radius 1 is 1.00 bits per heavy atom. The summed E-state index contributed by atoms with van der Waals surface area (Å²) in [4.78, 5) is 26.4. The third kappa shape index (κ3) is 4.22. The molecule has 3 aromatic rings. The molecule has 1 aliphatic carbocycles. The van der Waals surface area contributed by atoms with Crippen LogP contribution in [0.25, 0.3) is 23.0 Å². The van der Waals surface area contributed by atoms with E-state index in [0.29, 0.717) is 23.4 Å². The van der Waals surface area contributed by atoms with Gasteiger partial charge in [0.05, 0.1) is 11.9 Å². The molecule has 1 aliphatic heterocycles. The second kappa shape index (κ2) is 9.06. The fraction of sp³-hybridized carbons (Fsp3) is 0.458. The third-order valence-electron chi connectivity index (χ3n) is 6.46. The fourth-order valence-corrected chi connectivity index (χ4v) is 4.57. The first kappa shape index (κ1) is 20.6. The molecule has 168 valence electrons. The van der Waals surface area contributed by atoms with Crippen molar-refractivity contribution in [1.29, 1.82) is 0 Å². The van der Waals surface area contributed by atoms with E-state index in [2.05, 4.69) is 20.1 Å². The van der Waals surface area contributed by atoms with Crippen LogP contribution in [0.3, 0.4) is 0 Å². The van der Waals surface area contributed by atoms with Crippen molar-refractivity contribution in [2.24, 2.45) is 5.92 Å². The van der Waals surface area contributed by atoms with Crippen molar-refractivity contribution in [3.63, 3.8) is 0 Å². The van der Waals surface area contributed by atoms with Crippen molar-refractivity contribution in [2.75, 3.05) is 31.1 Å². The average Bonchev–Trinajstić information content (AvgIpc) is 3.35. The van der Waals surface area contributed by atoms with E-state index in [0.717, 1.165) is 56.1 Å². The van der Waals surface area contributed by atoms with E-state index < -0.39 is 0 Å². The van der Waals surface area contributed by atoms with Crippen molar-refractivity contribution < 1.29 is 10.6 Å². The Morgan fingerprint density at radius 3 is 2.47 bits per heavy atom. The lowest BCUT2D eigenvalue weighted by molar-refractivity contribution is -0.136. The number of hydrogen-bond acceptors (Lipinski definition) is 7. The predicted octanol–water partition coefficient (Wildman–Crippen LogP) is 3.98. The van der Waals surface area contributed by atoms with Gasteiger partial charge in [0, 0.05) is 39.1 Å². The van der Waals surface area contributed by atoms with E-state index in [1.54, 1.807) is 6.20 Å². The van der Waals surface area contributed by atoms with E-state index in [-0.39, 0.29) is 7.34 Å². The maximum atomic E-state index is 12.9. The van der Waals surface area contributed by atoms with Gasteiger partial charge in [-0.1, -0.05) is 37.5 Å². The number of hydrogen-bond donors (Lipinski definition) is 0. The van der Waals surface area contributed by atoms with Crippen LogP contribution in [0.4, 0.5) is 5.82 Å². The number of nitrogens with zero attached hydrogens (tertiary/aromatic N) is 6. The summed E-state index contributed by atoms with van der Waals surface area (Å²) in [7, 11) is 0. The molecule has 0 bridgehead atoms. The molecule has 0 radical (unpaired) electrons. The van der Waals surface area contributed by atoms with Gasteiger partial charge < -0.3 is 14.2 Å². The minimum atomic E-state index is 0. The maximum absolute atomic E-state index is 12.9. The molecule has 1 amide bonds. The van der Waals surface area contributed by atoms with Gasteiger partial charge in [0.1, 0.15) is 5.82 Å². The number of carbonyl (C=O) groups excluding carboxylic acids is 1. The Kier molecular flexibility index (Phi) is 5.83. The Hall–Kier alpha value is -3.29. The van der Waals surface area contributed by atoms with Crippen LogP contribution in [0, 0.1) is 12.8 Å². The number of aryl methyl sites for hydroxylation is 1.